The van der Waals surface area contributed by atoms with Crippen molar-refractivity contribution in [1.29, 1.82) is 0 Å². The maximum atomic E-state index is 8.36. The third-order valence-electron chi connectivity index (χ3n) is 4.45. The monoisotopic (exact) mass is 353 g/mol. The van der Waals surface area contributed by atoms with Gasteiger partial charge in [0, 0.05) is 19.6 Å². The highest BCUT2D eigenvalue weighted by atomic mass is 16.6. The van der Waals surface area contributed by atoms with Crippen LogP contribution in [0.5, 0.6) is 11.5 Å². The highest BCUT2D eigenvalue weighted by Gasteiger charge is 2.21. The molecular weight excluding hydrogens is 326 g/mol. The normalized spacial score (nSPS) is 20.0. The third kappa shape index (κ3) is 5.59. The molecule has 140 valence electrons. The summed E-state index contributed by atoms with van der Waals surface area (Å²) in [6.07, 6.45) is 2.33. The minimum atomic E-state index is -0.250. The van der Waals surface area contributed by atoms with Crippen LogP contribution in [0.2, 0.25) is 0 Å². The second-order valence-corrected chi connectivity index (χ2v) is 5.96. The zero-order valence-corrected chi connectivity index (χ0v) is 14.9. The lowest BCUT2D eigenvalue weighted by Crippen LogP contribution is -2.36. The van der Waals surface area contributed by atoms with Gasteiger partial charge in [0.25, 0.3) is 6.47 Å². The van der Waals surface area contributed by atoms with Gasteiger partial charge in [-0.25, -0.2) is 0 Å². The molecule has 0 aliphatic carbocycles. The van der Waals surface area contributed by atoms with Crippen molar-refractivity contribution in [3.63, 3.8) is 0 Å². The van der Waals surface area contributed by atoms with Gasteiger partial charge in [0.1, 0.15) is 0 Å². The fraction of sp³-hybridized carbons (Fsp3) is 0.611. The maximum Gasteiger partial charge on any atom is 0.290 e. The van der Waals surface area contributed by atoms with E-state index in [0.717, 1.165) is 63.8 Å². The second-order valence-electron chi connectivity index (χ2n) is 5.96. The minimum absolute atomic E-state index is 0.250. The highest BCUT2D eigenvalue weighted by molar-refractivity contribution is 5.48. The molecule has 25 heavy (non-hydrogen) atoms. The van der Waals surface area contributed by atoms with Gasteiger partial charge in [0.05, 0.1) is 40.1 Å². The Labute approximate surface area is 148 Å². The first-order chi connectivity index (χ1) is 12.2. The molecular formula is C18H27NO6. The second kappa shape index (κ2) is 10.2. The van der Waals surface area contributed by atoms with Gasteiger partial charge in [-0.3, -0.25) is 9.69 Å². The van der Waals surface area contributed by atoms with Crippen LogP contribution in [-0.4, -0.2) is 69.7 Å². The van der Waals surface area contributed by atoms with E-state index >= 15 is 0 Å². The lowest BCUT2D eigenvalue weighted by atomic mass is 9.98. The number of nitrogens with zero attached hydrogens (tertiary/aromatic N) is 1. The van der Waals surface area contributed by atoms with Crippen LogP contribution < -0.4 is 9.47 Å². The van der Waals surface area contributed by atoms with Crippen molar-refractivity contribution in [1.82, 2.24) is 4.90 Å². The summed E-state index contributed by atoms with van der Waals surface area (Å²) in [5.41, 5.74) is 2.70. The molecule has 1 unspecified atom stereocenters. The maximum absolute atomic E-state index is 8.36. The number of hydrogen-bond acceptors (Lipinski definition) is 6. The standard InChI is InChI=1S/C17H25NO4.CH2O2/c1-19-16-9-13-3-5-18(11-14(13)10-17(16)20-2)6-4-15-12-21-7-8-22-15;2-1-3/h9-10,15H,3-8,11-12H2,1-2H3;1H,(H,2,3). The highest BCUT2D eigenvalue weighted by Crippen LogP contribution is 2.33. The largest absolute Gasteiger partial charge is 0.493 e. The number of fused-ring (bicyclic) bond motifs is 1. The molecule has 0 bridgehead atoms. The van der Waals surface area contributed by atoms with E-state index in [1.165, 1.54) is 11.1 Å². The van der Waals surface area contributed by atoms with Gasteiger partial charge < -0.3 is 24.1 Å². The molecule has 0 saturated carbocycles. The van der Waals surface area contributed by atoms with E-state index in [1.54, 1.807) is 14.2 Å². The summed E-state index contributed by atoms with van der Waals surface area (Å²) in [6.45, 7) is 5.02. The van der Waals surface area contributed by atoms with Gasteiger partial charge in [-0.05, 0) is 36.1 Å². The van der Waals surface area contributed by atoms with Gasteiger partial charge in [0.2, 0.25) is 0 Å². The van der Waals surface area contributed by atoms with E-state index in [0.29, 0.717) is 0 Å². The number of benzene rings is 1. The Balaban J connectivity index is 0.000000701. The first-order valence-electron chi connectivity index (χ1n) is 8.45. The lowest BCUT2D eigenvalue weighted by molar-refractivity contribution is -0.122. The predicted octanol–water partition coefficient (Wildman–Crippen LogP) is 1.57. The van der Waals surface area contributed by atoms with E-state index in [4.69, 9.17) is 28.8 Å². The van der Waals surface area contributed by atoms with Crippen molar-refractivity contribution in [3.05, 3.63) is 23.3 Å². The van der Waals surface area contributed by atoms with Gasteiger partial charge in [-0.1, -0.05) is 0 Å². The quantitative estimate of drug-likeness (QED) is 0.805. The van der Waals surface area contributed by atoms with Crippen molar-refractivity contribution in [2.45, 2.75) is 25.5 Å². The third-order valence-corrected chi connectivity index (χ3v) is 4.45. The van der Waals surface area contributed by atoms with Crippen molar-refractivity contribution >= 4 is 6.47 Å². The molecule has 1 aromatic rings. The number of methoxy groups -OCH3 is 2. The molecule has 0 radical (unpaired) electrons. The zero-order chi connectivity index (χ0) is 18.1. The molecule has 7 heteroatoms. The summed E-state index contributed by atoms with van der Waals surface area (Å²) in [4.78, 5) is 10.8. The first kappa shape index (κ1) is 19.5. The van der Waals surface area contributed by atoms with E-state index in [-0.39, 0.29) is 12.6 Å². The molecule has 3 rings (SSSR count). The average Bonchev–Trinajstić information content (AvgIpc) is 2.66. The first-order valence-corrected chi connectivity index (χ1v) is 8.45. The summed E-state index contributed by atoms with van der Waals surface area (Å²) in [5, 5.41) is 6.89. The van der Waals surface area contributed by atoms with Crippen LogP contribution in [0.3, 0.4) is 0 Å². The molecule has 1 N–H and O–H groups in total. The van der Waals surface area contributed by atoms with Gasteiger partial charge in [-0.15, -0.1) is 0 Å². The van der Waals surface area contributed by atoms with Gasteiger partial charge >= 0.3 is 0 Å². The summed E-state index contributed by atoms with van der Waals surface area (Å²) < 4.78 is 22.0. The number of carboxylic acid groups (broad SMARTS) is 1. The number of ether oxygens (including phenoxy) is 4. The van der Waals surface area contributed by atoms with E-state index in [1.807, 2.05) is 0 Å². The molecule has 0 amide bonds. The van der Waals surface area contributed by atoms with Gasteiger partial charge in [0.15, 0.2) is 11.5 Å². The van der Waals surface area contributed by atoms with E-state index in [2.05, 4.69) is 17.0 Å². The number of carbonyl (C=O) groups is 1. The molecule has 0 spiro atoms. The Morgan fingerprint density at radius 2 is 1.92 bits per heavy atom. The van der Waals surface area contributed by atoms with Crippen LogP contribution in [-0.2, 0) is 27.2 Å². The summed E-state index contributed by atoms with van der Waals surface area (Å²) in [7, 11) is 3.37. The fourth-order valence-corrected chi connectivity index (χ4v) is 3.16. The van der Waals surface area contributed by atoms with Crippen molar-refractivity contribution in [2.24, 2.45) is 0 Å². The summed E-state index contributed by atoms with van der Waals surface area (Å²) in [6, 6.07) is 4.23. The Morgan fingerprint density at radius 3 is 2.52 bits per heavy atom. The zero-order valence-electron chi connectivity index (χ0n) is 14.9. The predicted molar refractivity (Wildman–Crippen MR) is 92.4 cm³/mol. The average molecular weight is 353 g/mol. The van der Waals surface area contributed by atoms with Gasteiger partial charge in [-0.2, -0.15) is 0 Å². The summed E-state index contributed by atoms with van der Waals surface area (Å²) in [5.74, 6) is 1.63. The van der Waals surface area contributed by atoms with Crippen LogP contribution >= 0.6 is 0 Å². The molecule has 1 atom stereocenters. The van der Waals surface area contributed by atoms with Crippen molar-refractivity contribution < 1.29 is 28.8 Å². The molecule has 1 fully saturated rings. The van der Waals surface area contributed by atoms with Crippen LogP contribution in [0.15, 0.2) is 12.1 Å². The molecule has 2 aliphatic rings. The summed E-state index contributed by atoms with van der Waals surface area (Å²) >= 11 is 0. The Hall–Kier alpha value is -1.83. The molecule has 2 aliphatic heterocycles. The molecule has 1 aromatic carbocycles. The Bertz CT molecular complexity index is 545. The van der Waals surface area contributed by atoms with Crippen LogP contribution in [0, 0.1) is 0 Å². The topological polar surface area (TPSA) is 77.5 Å². The Kier molecular flexibility index (Phi) is 7.97. The van der Waals surface area contributed by atoms with Crippen LogP contribution in [0.4, 0.5) is 0 Å². The van der Waals surface area contributed by atoms with Crippen LogP contribution in [0.25, 0.3) is 0 Å². The Morgan fingerprint density at radius 1 is 1.24 bits per heavy atom. The molecule has 1 saturated heterocycles. The smallest absolute Gasteiger partial charge is 0.290 e. The lowest BCUT2D eigenvalue weighted by Gasteiger charge is -2.31. The van der Waals surface area contributed by atoms with Crippen LogP contribution in [0.1, 0.15) is 17.5 Å². The molecule has 2 heterocycles. The number of hydrogen-bond donors (Lipinski definition) is 1. The van der Waals surface area contributed by atoms with E-state index < -0.39 is 0 Å². The van der Waals surface area contributed by atoms with E-state index in [9.17, 15) is 0 Å². The molecule has 0 aromatic heterocycles. The fourth-order valence-electron chi connectivity index (χ4n) is 3.16. The minimum Gasteiger partial charge on any atom is -0.493 e. The molecule has 7 nitrogen and oxygen atoms in total. The number of rotatable bonds is 5. The van der Waals surface area contributed by atoms with Crippen molar-refractivity contribution in [3.8, 4) is 11.5 Å². The van der Waals surface area contributed by atoms with Crippen molar-refractivity contribution in [2.75, 3.05) is 47.1 Å². The SMILES string of the molecule is COc1cc2c(cc1OC)CN(CCC1COCCO1)CC2.O=CO.